The number of fused-ring (bicyclic) bond motifs is 1. The molecule has 7 heteroatoms. The Bertz CT molecular complexity index is 1210. The first-order valence-corrected chi connectivity index (χ1v) is 10.2. The molecule has 0 bridgehead atoms. The van der Waals surface area contributed by atoms with Gasteiger partial charge in [-0.3, -0.25) is 4.79 Å². The van der Waals surface area contributed by atoms with Gasteiger partial charge >= 0.3 is 0 Å². The van der Waals surface area contributed by atoms with E-state index in [1.807, 2.05) is 42.5 Å². The molecule has 150 valence electrons. The fourth-order valence-corrected chi connectivity index (χ4v) is 3.85. The molecule has 30 heavy (non-hydrogen) atoms. The molecule has 2 aromatic heterocycles. The van der Waals surface area contributed by atoms with E-state index in [4.69, 9.17) is 0 Å². The lowest BCUT2D eigenvalue weighted by molar-refractivity contribution is 0.578. The minimum absolute atomic E-state index is 0.320. The number of rotatable bonds is 4. The third kappa shape index (κ3) is 3.61. The third-order valence-corrected chi connectivity index (χ3v) is 5.40. The van der Waals surface area contributed by atoms with Crippen LogP contribution >= 0.6 is 0 Å². The Morgan fingerprint density at radius 2 is 1.67 bits per heavy atom. The Morgan fingerprint density at radius 3 is 2.43 bits per heavy atom. The average molecular weight is 398 g/mol. The van der Waals surface area contributed by atoms with Crippen LogP contribution in [0.2, 0.25) is 0 Å². The Labute approximate surface area is 173 Å². The van der Waals surface area contributed by atoms with Gasteiger partial charge in [0, 0.05) is 30.0 Å². The lowest BCUT2D eigenvalue weighted by Gasteiger charge is -2.28. The first kappa shape index (κ1) is 18.3. The van der Waals surface area contributed by atoms with Gasteiger partial charge < -0.3 is 10.2 Å². The zero-order valence-electron chi connectivity index (χ0n) is 16.5. The maximum atomic E-state index is 12.5. The fourth-order valence-electron chi connectivity index (χ4n) is 3.85. The van der Waals surface area contributed by atoms with Gasteiger partial charge in [0.05, 0.1) is 6.20 Å². The number of aromatic amines is 1. The number of hydrogen-bond donors (Lipinski definition) is 2. The second-order valence-corrected chi connectivity index (χ2v) is 7.44. The number of aromatic nitrogens is 4. The largest absolute Gasteiger partial charge is 0.372 e. The van der Waals surface area contributed by atoms with Crippen molar-refractivity contribution in [3.05, 3.63) is 71.1 Å². The summed E-state index contributed by atoms with van der Waals surface area (Å²) in [6.07, 6.45) is 5.34. The molecule has 7 nitrogen and oxygen atoms in total. The SMILES string of the molecule is O=c1[nH]ncc2nc(-c3ccccc3)nc(Nc3ccc(N4CCCCC4)cc3)c12. The number of hydrogen-bond acceptors (Lipinski definition) is 6. The molecule has 0 spiro atoms. The highest BCUT2D eigenvalue weighted by atomic mass is 16.1. The van der Waals surface area contributed by atoms with E-state index in [1.165, 1.54) is 24.9 Å². The lowest BCUT2D eigenvalue weighted by Crippen LogP contribution is -2.29. The fraction of sp³-hybridized carbons (Fsp3) is 0.217. The minimum atomic E-state index is -0.320. The van der Waals surface area contributed by atoms with Gasteiger partial charge in [0.15, 0.2) is 5.82 Å². The van der Waals surface area contributed by atoms with Crippen molar-refractivity contribution < 1.29 is 0 Å². The van der Waals surface area contributed by atoms with E-state index < -0.39 is 0 Å². The van der Waals surface area contributed by atoms with Crippen LogP contribution in [0.25, 0.3) is 22.3 Å². The van der Waals surface area contributed by atoms with E-state index in [0.29, 0.717) is 22.5 Å². The average Bonchev–Trinajstić information content (AvgIpc) is 2.81. The molecule has 4 aromatic rings. The maximum absolute atomic E-state index is 12.5. The van der Waals surface area contributed by atoms with Crippen LogP contribution in [0.3, 0.4) is 0 Å². The monoisotopic (exact) mass is 398 g/mol. The van der Waals surface area contributed by atoms with Crippen molar-refractivity contribution in [2.75, 3.05) is 23.3 Å². The Hall–Kier alpha value is -3.74. The van der Waals surface area contributed by atoms with E-state index >= 15 is 0 Å². The van der Waals surface area contributed by atoms with Crippen LogP contribution in [0.5, 0.6) is 0 Å². The van der Waals surface area contributed by atoms with Crippen molar-refractivity contribution in [2.24, 2.45) is 0 Å². The molecular formula is C23H22N6O. The number of H-pyrrole nitrogens is 1. The van der Waals surface area contributed by atoms with Gasteiger partial charge in [-0.1, -0.05) is 30.3 Å². The number of piperidine rings is 1. The number of benzene rings is 2. The van der Waals surface area contributed by atoms with Crippen LogP contribution in [0.15, 0.2) is 65.6 Å². The Morgan fingerprint density at radius 1 is 0.900 bits per heavy atom. The standard InChI is InChI=1S/C23H22N6O/c30-23-20-19(15-24-28-23)26-21(16-7-3-1-4-8-16)27-22(20)25-17-9-11-18(12-10-17)29-13-5-2-6-14-29/h1,3-4,7-12,15H,2,5-6,13-14H2,(H,28,30)(H,25,26,27). The first-order chi connectivity index (χ1) is 14.8. The zero-order valence-corrected chi connectivity index (χ0v) is 16.5. The molecule has 0 saturated carbocycles. The molecule has 2 N–H and O–H groups in total. The number of nitrogens with zero attached hydrogens (tertiary/aromatic N) is 4. The second-order valence-electron chi connectivity index (χ2n) is 7.44. The van der Waals surface area contributed by atoms with E-state index in [9.17, 15) is 4.79 Å². The summed E-state index contributed by atoms with van der Waals surface area (Å²) >= 11 is 0. The smallest absolute Gasteiger partial charge is 0.277 e. The number of anilines is 3. The summed E-state index contributed by atoms with van der Waals surface area (Å²) in [6.45, 7) is 2.21. The molecule has 0 radical (unpaired) electrons. The van der Waals surface area contributed by atoms with Gasteiger partial charge in [-0.25, -0.2) is 15.1 Å². The quantitative estimate of drug-likeness (QED) is 0.538. The van der Waals surface area contributed by atoms with Gasteiger partial charge in [0.2, 0.25) is 0 Å². The molecule has 1 aliphatic rings. The molecule has 0 atom stereocenters. The Balaban J connectivity index is 1.52. The minimum Gasteiger partial charge on any atom is -0.372 e. The van der Waals surface area contributed by atoms with Crippen molar-refractivity contribution in [1.82, 2.24) is 20.2 Å². The molecule has 1 fully saturated rings. The summed E-state index contributed by atoms with van der Waals surface area (Å²) in [5.41, 5.74) is 3.15. The van der Waals surface area contributed by atoms with Gasteiger partial charge in [-0.2, -0.15) is 5.10 Å². The highest BCUT2D eigenvalue weighted by molar-refractivity contribution is 5.91. The summed E-state index contributed by atoms with van der Waals surface area (Å²) in [6, 6.07) is 18.0. The molecule has 0 amide bonds. The second kappa shape index (κ2) is 7.94. The first-order valence-electron chi connectivity index (χ1n) is 10.2. The normalized spacial score (nSPS) is 14.1. The van der Waals surface area contributed by atoms with Gasteiger partial charge in [0.1, 0.15) is 16.7 Å². The summed E-state index contributed by atoms with van der Waals surface area (Å²) in [4.78, 5) is 24.1. The molecule has 1 saturated heterocycles. The van der Waals surface area contributed by atoms with Gasteiger partial charge in [0.25, 0.3) is 5.56 Å². The van der Waals surface area contributed by atoms with Gasteiger partial charge in [-0.15, -0.1) is 0 Å². The van der Waals surface area contributed by atoms with Crippen molar-refractivity contribution >= 4 is 28.1 Å². The predicted molar refractivity (Wildman–Crippen MR) is 119 cm³/mol. The van der Waals surface area contributed by atoms with E-state index in [2.05, 4.69) is 42.5 Å². The van der Waals surface area contributed by atoms with Crippen LogP contribution in [-0.2, 0) is 0 Å². The zero-order chi connectivity index (χ0) is 20.3. The lowest BCUT2D eigenvalue weighted by atomic mass is 10.1. The van der Waals surface area contributed by atoms with Crippen molar-refractivity contribution in [1.29, 1.82) is 0 Å². The van der Waals surface area contributed by atoms with E-state index in [1.54, 1.807) is 6.20 Å². The highest BCUT2D eigenvalue weighted by Gasteiger charge is 2.14. The van der Waals surface area contributed by atoms with Crippen molar-refractivity contribution in [2.45, 2.75) is 19.3 Å². The van der Waals surface area contributed by atoms with Crippen LogP contribution in [-0.4, -0.2) is 33.3 Å². The molecular weight excluding hydrogens is 376 g/mol. The summed E-state index contributed by atoms with van der Waals surface area (Å²) in [5.74, 6) is 1.01. The van der Waals surface area contributed by atoms with Crippen LogP contribution in [0.1, 0.15) is 19.3 Å². The molecule has 2 aromatic carbocycles. The summed E-state index contributed by atoms with van der Waals surface area (Å²) < 4.78 is 0. The molecule has 3 heterocycles. The predicted octanol–water partition coefficient (Wildman–Crippen LogP) is 4.11. The van der Waals surface area contributed by atoms with Crippen molar-refractivity contribution in [3.63, 3.8) is 0 Å². The summed E-state index contributed by atoms with van der Waals surface area (Å²) in [5, 5.41) is 10.1. The molecule has 1 aliphatic heterocycles. The topological polar surface area (TPSA) is 86.8 Å². The third-order valence-electron chi connectivity index (χ3n) is 5.40. The molecule has 0 aliphatic carbocycles. The van der Waals surface area contributed by atoms with Crippen LogP contribution in [0.4, 0.5) is 17.2 Å². The molecule has 0 unspecified atom stereocenters. The van der Waals surface area contributed by atoms with E-state index in [0.717, 1.165) is 24.3 Å². The molecule has 5 rings (SSSR count). The number of nitrogens with one attached hydrogen (secondary N) is 2. The maximum Gasteiger partial charge on any atom is 0.277 e. The van der Waals surface area contributed by atoms with Crippen molar-refractivity contribution in [3.8, 4) is 11.4 Å². The van der Waals surface area contributed by atoms with Gasteiger partial charge in [-0.05, 0) is 43.5 Å². The Kier molecular flexibility index (Phi) is 4.85. The van der Waals surface area contributed by atoms with Crippen LogP contribution < -0.4 is 15.8 Å². The summed E-state index contributed by atoms with van der Waals surface area (Å²) in [7, 11) is 0. The highest BCUT2D eigenvalue weighted by Crippen LogP contribution is 2.27. The van der Waals surface area contributed by atoms with E-state index in [-0.39, 0.29) is 5.56 Å². The van der Waals surface area contributed by atoms with Crippen LogP contribution in [0, 0.1) is 0 Å².